The highest BCUT2D eigenvalue weighted by atomic mass is 35.5. The molecule has 0 fully saturated rings. The van der Waals surface area contributed by atoms with Crippen LogP contribution >= 0.6 is 11.6 Å². The number of aromatic hydroxyl groups is 2. The second kappa shape index (κ2) is 4.81. The molecule has 19 heavy (non-hydrogen) atoms. The SMILES string of the molecule is CC(=O)Nc1oc(-c2cc(Cl)ccc2F)c(O)c1O. The lowest BCUT2D eigenvalue weighted by Gasteiger charge is -2.00. The molecule has 1 aromatic carbocycles. The van der Waals surface area contributed by atoms with Crippen LogP contribution in [-0.2, 0) is 4.79 Å². The van der Waals surface area contributed by atoms with Crippen LogP contribution in [-0.4, -0.2) is 16.1 Å². The van der Waals surface area contributed by atoms with E-state index < -0.39 is 23.2 Å². The molecule has 1 amide bonds. The Bertz CT molecular complexity index is 653. The molecule has 0 unspecified atom stereocenters. The van der Waals surface area contributed by atoms with Crippen LogP contribution in [0.5, 0.6) is 11.5 Å². The Morgan fingerprint density at radius 3 is 2.68 bits per heavy atom. The van der Waals surface area contributed by atoms with Crippen molar-refractivity contribution in [2.24, 2.45) is 0 Å². The van der Waals surface area contributed by atoms with Crippen LogP contribution in [0.2, 0.25) is 5.02 Å². The van der Waals surface area contributed by atoms with E-state index in [0.29, 0.717) is 0 Å². The summed E-state index contributed by atoms with van der Waals surface area (Å²) in [6.07, 6.45) is 0. The van der Waals surface area contributed by atoms with Crippen molar-refractivity contribution in [3.8, 4) is 22.8 Å². The lowest BCUT2D eigenvalue weighted by atomic mass is 10.1. The Balaban J connectivity index is 2.57. The normalized spacial score (nSPS) is 10.5. The molecule has 1 heterocycles. The van der Waals surface area contributed by atoms with Crippen molar-refractivity contribution >= 4 is 23.4 Å². The first-order valence-corrected chi connectivity index (χ1v) is 5.55. The van der Waals surface area contributed by atoms with Crippen molar-refractivity contribution < 1.29 is 23.8 Å². The highest BCUT2D eigenvalue weighted by Gasteiger charge is 2.23. The van der Waals surface area contributed by atoms with E-state index in [1.807, 2.05) is 0 Å². The van der Waals surface area contributed by atoms with Gasteiger partial charge in [0.1, 0.15) is 5.82 Å². The van der Waals surface area contributed by atoms with Crippen molar-refractivity contribution in [3.05, 3.63) is 29.0 Å². The molecule has 2 rings (SSSR count). The molecule has 0 spiro atoms. The van der Waals surface area contributed by atoms with Crippen molar-refractivity contribution in [1.29, 1.82) is 0 Å². The smallest absolute Gasteiger partial charge is 0.246 e. The van der Waals surface area contributed by atoms with Gasteiger partial charge in [-0.3, -0.25) is 10.1 Å². The molecule has 0 bridgehead atoms. The van der Waals surface area contributed by atoms with Gasteiger partial charge in [0, 0.05) is 11.9 Å². The average Bonchev–Trinajstić information content (AvgIpc) is 2.60. The molecule has 7 heteroatoms. The molecule has 0 aliphatic carbocycles. The van der Waals surface area contributed by atoms with E-state index in [2.05, 4.69) is 5.32 Å². The van der Waals surface area contributed by atoms with Crippen LogP contribution in [0.1, 0.15) is 6.92 Å². The fourth-order valence-corrected chi connectivity index (χ4v) is 1.68. The third kappa shape index (κ3) is 2.48. The number of furan rings is 1. The predicted octanol–water partition coefficient (Wildman–Crippen LogP) is 3.11. The van der Waals surface area contributed by atoms with Gasteiger partial charge in [-0.2, -0.15) is 0 Å². The summed E-state index contributed by atoms with van der Waals surface area (Å²) >= 11 is 5.73. The maximum atomic E-state index is 13.6. The fraction of sp³-hybridized carbons (Fsp3) is 0.0833. The zero-order valence-electron chi connectivity index (χ0n) is 9.70. The number of amides is 1. The van der Waals surface area contributed by atoms with Crippen LogP contribution in [0.3, 0.4) is 0 Å². The Labute approximate surface area is 112 Å². The van der Waals surface area contributed by atoms with Crippen LogP contribution in [0.15, 0.2) is 22.6 Å². The Morgan fingerprint density at radius 2 is 2.05 bits per heavy atom. The first kappa shape index (κ1) is 13.2. The van der Waals surface area contributed by atoms with Gasteiger partial charge in [-0.05, 0) is 18.2 Å². The number of carbonyl (C=O) groups is 1. The zero-order chi connectivity index (χ0) is 14.2. The molecule has 3 N–H and O–H groups in total. The van der Waals surface area contributed by atoms with E-state index in [4.69, 9.17) is 16.0 Å². The lowest BCUT2D eigenvalue weighted by Crippen LogP contribution is -2.04. The summed E-state index contributed by atoms with van der Waals surface area (Å²) in [6.45, 7) is 1.19. The molecule has 1 aromatic heterocycles. The standard InChI is InChI=1S/C12H9ClFNO4/c1-5(16)15-12-10(18)9(17)11(19-12)7-4-6(13)2-3-8(7)14/h2-4,17-18H,1H3,(H,15,16). The summed E-state index contributed by atoms with van der Waals surface area (Å²) in [5.74, 6) is -3.24. The minimum atomic E-state index is -0.692. The summed E-state index contributed by atoms with van der Waals surface area (Å²) in [5, 5.41) is 21.7. The molecule has 5 nitrogen and oxygen atoms in total. The van der Waals surface area contributed by atoms with Gasteiger partial charge in [0.25, 0.3) is 0 Å². The van der Waals surface area contributed by atoms with E-state index in [9.17, 15) is 19.4 Å². The molecule has 0 aliphatic heterocycles. The van der Waals surface area contributed by atoms with Crippen molar-refractivity contribution in [2.75, 3.05) is 5.32 Å². The maximum Gasteiger partial charge on any atom is 0.246 e. The molecule has 2 aromatic rings. The molecular weight excluding hydrogens is 277 g/mol. The van der Waals surface area contributed by atoms with Gasteiger partial charge in [-0.15, -0.1) is 0 Å². The maximum absolute atomic E-state index is 13.6. The number of benzene rings is 1. The summed E-state index contributed by atoms with van der Waals surface area (Å²) < 4.78 is 18.7. The number of hydrogen-bond donors (Lipinski definition) is 3. The summed E-state index contributed by atoms with van der Waals surface area (Å²) in [5.41, 5.74) is -0.128. The fourth-order valence-electron chi connectivity index (χ4n) is 1.51. The second-order valence-electron chi connectivity index (χ2n) is 3.76. The number of halogens is 2. The summed E-state index contributed by atoms with van der Waals surface area (Å²) in [7, 11) is 0. The van der Waals surface area contributed by atoms with Gasteiger partial charge >= 0.3 is 0 Å². The van der Waals surface area contributed by atoms with Crippen LogP contribution in [0.4, 0.5) is 10.3 Å². The largest absolute Gasteiger partial charge is 0.502 e. The summed E-state index contributed by atoms with van der Waals surface area (Å²) in [6, 6.07) is 3.65. The van der Waals surface area contributed by atoms with E-state index >= 15 is 0 Å². The van der Waals surface area contributed by atoms with Crippen LogP contribution in [0, 0.1) is 5.82 Å². The van der Waals surface area contributed by atoms with Gasteiger partial charge in [-0.25, -0.2) is 4.39 Å². The highest BCUT2D eigenvalue weighted by Crippen LogP contribution is 2.46. The molecule has 0 radical (unpaired) electrons. The van der Waals surface area contributed by atoms with Crippen molar-refractivity contribution in [2.45, 2.75) is 6.92 Å². The van der Waals surface area contributed by atoms with Crippen LogP contribution < -0.4 is 5.32 Å². The average molecular weight is 286 g/mol. The first-order valence-electron chi connectivity index (χ1n) is 5.18. The van der Waals surface area contributed by atoms with Crippen molar-refractivity contribution in [1.82, 2.24) is 0 Å². The molecule has 0 saturated carbocycles. The van der Waals surface area contributed by atoms with E-state index in [-0.39, 0.29) is 22.2 Å². The minimum absolute atomic E-state index is 0.128. The third-order valence-electron chi connectivity index (χ3n) is 2.32. The van der Waals surface area contributed by atoms with Gasteiger partial charge < -0.3 is 14.6 Å². The zero-order valence-corrected chi connectivity index (χ0v) is 10.5. The Kier molecular flexibility index (Phi) is 3.35. The van der Waals surface area contributed by atoms with Gasteiger partial charge in [0.05, 0.1) is 5.56 Å². The quantitative estimate of drug-likeness (QED) is 0.792. The molecule has 0 atom stereocenters. The Morgan fingerprint density at radius 1 is 1.37 bits per heavy atom. The number of carbonyl (C=O) groups excluding carboxylic acids is 1. The second-order valence-corrected chi connectivity index (χ2v) is 4.20. The predicted molar refractivity (Wildman–Crippen MR) is 66.7 cm³/mol. The lowest BCUT2D eigenvalue weighted by molar-refractivity contribution is -0.114. The monoisotopic (exact) mass is 285 g/mol. The number of anilines is 1. The molecule has 100 valence electrons. The molecule has 0 saturated heterocycles. The van der Waals surface area contributed by atoms with Crippen LogP contribution in [0.25, 0.3) is 11.3 Å². The van der Waals surface area contributed by atoms with Gasteiger partial charge in [0.15, 0.2) is 5.76 Å². The van der Waals surface area contributed by atoms with Gasteiger partial charge in [0.2, 0.25) is 23.3 Å². The first-order chi connectivity index (χ1) is 8.90. The number of rotatable bonds is 2. The topological polar surface area (TPSA) is 82.7 Å². The van der Waals surface area contributed by atoms with E-state index in [1.165, 1.54) is 19.1 Å². The van der Waals surface area contributed by atoms with Crippen molar-refractivity contribution in [3.63, 3.8) is 0 Å². The minimum Gasteiger partial charge on any atom is -0.502 e. The highest BCUT2D eigenvalue weighted by molar-refractivity contribution is 6.30. The number of nitrogens with one attached hydrogen (secondary N) is 1. The number of hydrogen-bond acceptors (Lipinski definition) is 4. The third-order valence-corrected chi connectivity index (χ3v) is 2.56. The van der Waals surface area contributed by atoms with Gasteiger partial charge in [-0.1, -0.05) is 11.6 Å². The summed E-state index contributed by atoms with van der Waals surface area (Å²) in [4.78, 5) is 10.9. The van der Waals surface area contributed by atoms with E-state index in [0.717, 1.165) is 6.07 Å². The molecule has 0 aliphatic rings. The Hall–Kier alpha value is -2.21. The molecular formula is C12H9ClFNO4. The van der Waals surface area contributed by atoms with E-state index in [1.54, 1.807) is 0 Å².